The molecule has 0 radical (unpaired) electrons. The number of amides is 1. The predicted molar refractivity (Wildman–Crippen MR) is 101 cm³/mol. The molecule has 25 heavy (non-hydrogen) atoms. The van der Waals surface area contributed by atoms with Crippen LogP contribution in [0.3, 0.4) is 0 Å². The van der Waals surface area contributed by atoms with Gasteiger partial charge in [0.25, 0.3) is 15.9 Å². The van der Waals surface area contributed by atoms with Gasteiger partial charge in [-0.1, -0.05) is 31.5 Å². The highest BCUT2D eigenvalue weighted by Gasteiger charge is 2.22. The SMILES string of the molecule is CC(C)CNC(=O)c1cccc(N(C)S(=O)(=O)c2ccc(Cl)cc2)c1. The second kappa shape index (κ2) is 7.89. The summed E-state index contributed by atoms with van der Waals surface area (Å²) in [4.78, 5) is 12.3. The molecule has 1 N–H and O–H groups in total. The van der Waals surface area contributed by atoms with Gasteiger partial charge in [0.05, 0.1) is 10.6 Å². The Labute approximate surface area is 153 Å². The highest BCUT2D eigenvalue weighted by Crippen LogP contribution is 2.24. The molecular formula is C18H21ClN2O3S. The molecule has 0 fully saturated rings. The Balaban J connectivity index is 2.27. The van der Waals surface area contributed by atoms with Gasteiger partial charge in [-0.2, -0.15) is 0 Å². The lowest BCUT2D eigenvalue weighted by Gasteiger charge is -2.20. The molecule has 0 aliphatic rings. The summed E-state index contributed by atoms with van der Waals surface area (Å²) in [6, 6.07) is 12.5. The number of nitrogens with one attached hydrogen (secondary N) is 1. The molecule has 0 saturated carbocycles. The molecule has 0 atom stereocenters. The lowest BCUT2D eigenvalue weighted by Crippen LogP contribution is -2.29. The smallest absolute Gasteiger partial charge is 0.264 e. The van der Waals surface area contributed by atoms with Crippen molar-refractivity contribution in [2.24, 2.45) is 5.92 Å². The summed E-state index contributed by atoms with van der Waals surface area (Å²) >= 11 is 5.81. The Morgan fingerprint density at radius 1 is 1.16 bits per heavy atom. The Bertz CT molecular complexity index is 849. The first kappa shape index (κ1) is 19.3. The Morgan fingerprint density at radius 3 is 2.40 bits per heavy atom. The van der Waals surface area contributed by atoms with Gasteiger partial charge in [0.1, 0.15) is 0 Å². The van der Waals surface area contributed by atoms with Crippen LogP contribution in [0, 0.1) is 5.92 Å². The Hall–Kier alpha value is -2.05. The van der Waals surface area contributed by atoms with Crippen molar-refractivity contribution in [2.75, 3.05) is 17.9 Å². The fourth-order valence-corrected chi connectivity index (χ4v) is 3.46. The minimum Gasteiger partial charge on any atom is -0.352 e. The quantitative estimate of drug-likeness (QED) is 0.833. The van der Waals surface area contributed by atoms with E-state index in [2.05, 4.69) is 5.32 Å². The van der Waals surface area contributed by atoms with Crippen LogP contribution in [0.4, 0.5) is 5.69 Å². The van der Waals surface area contributed by atoms with Gasteiger partial charge in [0.2, 0.25) is 0 Å². The second-order valence-corrected chi connectivity index (χ2v) is 8.49. The molecule has 5 nitrogen and oxygen atoms in total. The molecule has 0 saturated heterocycles. The molecule has 0 aliphatic heterocycles. The largest absolute Gasteiger partial charge is 0.352 e. The van der Waals surface area contributed by atoms with E-state index in [-0.39, 0.29) is 10.8 Å². The number of sulfonamides is 1. The average Bonchev–Trinajstić information content (AvgIpc) is 2.59. The first-order valence-corrected chi connectivity index (χ1v) is 9.66. The van der Waals surface area contributed by atoms with Crippen LogP contribution in [0.2, 0.25) is 5.02 Å². The minimum atomic E-state index is -3.73. The van der Waals surface area contributed by atoms with Crippen molar-refractivity contribution in [3.63, 3.8) is 0 Å². The number of halogens is 1. The number of hydrogen-bond acceptors (Lipinski definition) is 3. The van der Waals surface area contributed by atoms with Crippen LogP contribution in [0.15, 0.2) is 53.4 Å². The summed E-state index contributed by atoms with van der Waals surface area (Å²) in [6.07, 6.45) is 0. The number of rotatable bonds is 6. The Kier molecular flexibility index (Phi) is 6.08. The number of anilines is 1. The van der Waals surface area contributed by atoms with E-state index in [1.54, 1.807) is 24.3 Å². The molecule has 134 valence electrons. The summed E-state index contributed by atoms with van der Waals surface area (Å²) in [6.45, 7) is 4.56. The molecule has 0 spiro atoms. The van der Waals surface area contributed by atoms with Crippen molar-refractivity contribution in [2.45, 2.75) is 18.7 Å². The van der Waals surface area contributed by atoms with Crippen LogP contribution in [0.1, 0.15) is 24.2 Å². The lowest BCUT2D eigenvalue weighted by molar-refractivity contribution is 0.0949. The van der Waals surface area contributed by atoms with Crippen LogP contribution in [0.5, 0.6) is 0 Å². The molecule has 0 heterocycles. The number of nitrogens with zero attached hydrogens (tertiary/aromatic N) is 1. The zero-order valence-corrected chi connectivity index (χ0v) is 15.9. The standard InChI is InChI=1S/C18H21ClN2O3S/c1-13(2)12-20-18(22)14-5-4-6-16(11-14)21(3)25(23,24)17-9-7-15(19)8-10-17/h4-11,13H,12H2,1-3H3,(H,20,22). The fourth-order valence-electron chi connectivity index (χ4n) is 2.15. The van der Waals surface area contributed by atoms with Gasteiger partial charge in [-0.25, -0.2) is 8.42 Å². The van der Waals surface area contributed by atoms with Crippen molar-refractivity contribution < 1.29 is 13.2 Å². The molecule has 2 rings (SSSR count). The third kappa shape index (κ3) is 4.74. The van der Waals surface area contributed by atoms with E-state index < -0.39 is 10.0 Å². The van der Waals surface area contributed by atoms with E-state index in [4.69, 9.17) is 11.6 Å². The van der Waals surface area contributed by atoms with Crippen LogP contribution in [-0.2, 0) is 10.0 Å². The van der Waals surface area contributed by atoms with Crippen molar-refractivity contribution in [1.29, 1.82) is 0 Å². The number of benzene rings is 2. The van der Waals surface area contributed by atoms with E-state index in [1.165, 1.54) is 31.3 Å². The third-order valence-electron chi connectivity index (χ3n) is 3.61. The van der Waals surface area contributed by atoms with Gasteiger partial charge < -0.3 is 5.32 Å². The summed E-state index contributed by atoms with van der Waals surface area (Å²) in [7, 11) is -2.28. The molecule has 0 aliphatic carbocycles. The zero-order valence-electron chi connectivity index (χ0n) is 14.4. The molecule has 0 unspecified atom stereocenters. The second-order valence-electron chi connectivity index (χ2n) is 6.08. The van der Waals surface area contributed by atoms with E-state index >= 15 is 0 Å². The molecule has 0 bridgehead atoms. The maximum atomic E-state index is 12.7. The molecule has 1 amide bonds. The molecule has 2 aromatic rings. The first-order valence-electron chi connectivity index (χ1n) is 7.84. The van der Waals surface area contributed by atoms with Crippen LogP contribution in [0.25, 0.3) is 0 Å². The van der Waals surface area contributed by atoms with Crippen LogP contribution >= 0.6 is 11.6 Å². The van der Waals surface area contributed by atoms with Gasteiger partial charge in [-0.05, 0) is 48.4 Å². The highest BCUT2D eigenvalue weighted by molar-refractivity contribution is 7.92. The van der Waals surface area contributed by atoms with Crippen molar-refractivity contribution in [1.82, 2.24) is 5.32 Å². The zero-order chi connectivity index (χ0) is 18.6. The van der Waals surface area contributed by atoms with Gasteiger partial charge in [0, 0.05) is 24.2 Å². The van der Waals surface area contributed by atoms with Crippen molar-refractivity contribution in [3.8, 4) is 0 Å². The topological polar surface area (TPSA) is 66.5 Å². The van der Waals surface area contributed by atoms with Crippen molar-refractivity contribution >= 4 is 33.2 Å². The summed E-state index contributed by atoms with van der Waals surface area (Å²) < 4.78 is 26.6. The number of carbonyl (C=O) groups is 1. The fraction of sp³-hybridized carbons (Fsp3) is 0.278. The molecular weight excluding hydrogens is 360 g/mol. The minimum absolute atomic E-state index is 0.133. The summed E-state index contributed by atoms with van der Waals surface area (Å²) in [5.41, 5.74) is 0.823. The van der Waals surface area contributed by atoms with Gasteiger partial charge in [-0.15, -0.1) is 0 Å². The lowest BCUT2D eigenvalue weighted by atomic mass is 10.1. The van der Waals surface area contributed by atoms with Gasteiger partial charge >= 0.3 is 0 Å². The van der Waals surface area contributed by atoms with Gasteiger partial charge in [-0.3, -0.25) is 9.10 Å². The number of hydrogen-bond donors (Lipinski definition) is 1. The molecule has 0 aromatic heterocycles. The van der Waals surface area contributed by atoms with E-state index in [9.17, 15) is 13.2 Å². The number of carbonyl (C=O) groups excluding carboxylic acids is 1. The van der Waals surface area contributed by atoms with Gasteiger partial charge in [0.15, 0.2) is 0 Å². The summed E-state index contributed by atoms with van der Waals surface area (Å²) in [5.74, 6) is 0.105. The molecule has 2 aromatic carbocycles. The normalized spacial score (nSPS) is 11.4. The molecule has 7 heteroatoms. The van der Waals surface area contributed by atoms with Crippen molar-refractivity contribution in [3.05, 3.63) is 59.1 Å². The monoisotopic (exact) mass is 380 g/mol. The van der Waals surface area contributed by atoms with Crippen LogP contribution < -0.4 is 9.62 Å². The van der Waals surface area contributed by atoms with E-state index in [0.29, 0.717) is 28.7 Å². The van der Waals surface area contributed by atoms with E-state index in [0.717, 1.165) is 4.31 Å². The summed E-state index contributed by atoms with van der Waals surface area (Å²) in [5, 5.41) is 3.28. The third-order valence-corrected chi connectivity index (χ3v) is 5.67. The highest BCUT2D eigenvalue weighted by atomic mass is 35.5. The van der Waals surface area contributed by atoms with Crippen LogP contribution in [-0.4, -0.2) is 27.9 Å². The maximum Gasteiger partial charge on any atom is 0.264 e. The Morgan fingerprint density at radius 2 is 1.80 bits per heavy atom. The average molecular weight is 381 g/mol. The predicted octanol–water partition coefficient (Wildman–Crippen LogP) is 3.55. The van der Waals surface area contributed by atoms with E-state index in [1.807, 2.05) is 13.8 Å². The first-order chi connectivity index (χ1) is 11.7. The maximum absolute atomic E-state index is 12.7.